The molecule has 0 aromatic heterocycles. The van der Waals surface area contributed by atoms with Crippen molar-refractivity contribution in [1.29, 1.82) is 0 Å². The van der Waals surface area contributed by atoms with Gasteiger partial charge in [-0.05, 0) is 66.0 Å². The van der Waals surface area contributed by atoms with Crippen molar-refractivity contribution in [2.75, 3.05) is 33.4 Å². The molecule has 0 aromatic carbocycles. The Balaban J connectivity index is 2.13. The highest BCUT2D eigenvalue weighted by Gasteiger charge is 2.59. The molecule has 0 amide bonds. The van der Waals surface area contributed by atoms with Gasteiger partial charge < -0.3 is 15.2 Å². The SMILES string of the molecule is COCC1CCN(C2(CN)CC(C)(C)OC2(C)C)CC1. The summed E-state index contributed by atoms with van der Waals surface area (Å²) in [7, 11) is 1.80. The molecule has 2 aliphatic heterocycles. The molecule has 4 nitrogen and oxygen atoms in total. The Morgan fingerprint density at radius 2 is 1.80 bits per heavy atom. The number of likely N-dealkylation sites (tertiary alicyclic amines) is 1. The number of ether oxygens (including phenoxy) is 2. The van der Waals surface area contributed by atoms with Crippen LogP contribution in [-0.2, 0) is 9.47 Å². The molecule has 2 aliphatic rings. The molecular formula is C16H32N2O2. The Kier molecular flexibility index (Phi) is 4.51. The Morgan fingerprint density at radius 1 is 1.20 bits per heavy atom. The molecule has 118 valence electrons. The molecule has 2 saturated heterocycles. The topological polar surface area (TPSA) is 47.7 Å². The summed E-state index contributed by atoms with van der Waals surface area (Å²) < 4.78 is 11.6. The number of hydrogen-bond acceptors (Lipinski definition) is 4. The number of piperidine rings is 1. The zero-order valence-corrected chi connectivity index (χ0v) is 13.9. The molecule has 0 spiro atoms. The van der Waals surface area contributed by atoms with Gasteiger partial charge in [-0.15, -0.1) is 0 Å². The largest absolute Gasteiger partial charge is 0.384 e. The van der Waals surface area contributed by atoms with Crippen LogP contribution < -0.4 is 5.73 Å². The Morgan fingerprint density at radius 3 is 2.20 bits per heavy atom. The van der Waals surface area contributed by atoms with Gasteiger partial charge in [-0.1, -0.05) is 0 Å². The lowest BCUT2D eigenvalue weighted by Crippen LogP contribution is -2.65. The lowest BCUT2D eigenvalue weighted by molar-refractivity contribution is -0.109. The van der Waals surface area contributed by atoms with Crippen LogP contribution in [0.25, 0.3) is 0 Å². The predicted molar refractivity (Wildman–Crippen MR) is 81.8 cm³/mol. The summed E-state index contributed by atoms with van der Waals surface area (Å²) in [6.07, 6.45) is 3.41. The first-order valence-electron chi connectivity index (χ1n) is 7.90. The number of methoxy groups -OCH3 is 1. The van der Waals surface area contributed by atoms with E-state index < -0.39 is 0 Å². The average molecular weight is 284 g/mol. The lowest BCUT2D eigenvalue weighted by atomic mass is 9.76. The van der Waals surface area contributed by atoms with Gasteiger partial charge in [0.1, 0.15) is 0 Å². The van der Waals surface area contributed by atoms with Crippen molar-refractivity contribution in [2.24, 2.45) is 11.7 Å². The van der Waals surface area contributed by atoms with Crippen LogP contribution in [0, 0.1) is 5.92 Å². The molecule has 1 atom stereocenters. The minimum Gasteiger partial charge on any atom is -0.384 e. The number of nitrogens with two attached hydrogens (primary N) is 1. The molecular weight excluding hydrogens is 252 g/mol. The highest BCUT2D eigenvalue weighted by molar-refractivity contribution is 5.13. The maximum atomic E-state index is 6.32. The van der Waals surface area contributed by atoms with Crippen LogP contribution in [0.3, 0.4) is 0 Å². The summed E-state index contributed by atoms with van der Waals surface area (Å²) in [6.45, 7) is 12.5. The van der Waals surface area contributed by atoms with E-state index in [0.29, 0.717) is 12.5 Å². The molecule has 2 rings (SSSR count). The summed E-state index contributed by atoms with van der Waals surface area (Å²) in [5.41, 5.74) is 5.92. The fourth-order valence-electron chi connectivity index (χ4n) is 4.44. The number of hydrogen-bond donors (Lipinski definition) is 1. The molecule has 0 aliphatic carbocycles. The Labute approximate surface area is 124 Å². The van der Waals surface area contributed by atoms with Crippen molar-refractivity contribution in [3.8, 4) is 0 Å². The van der Waals surface area contributed by atoms with Crippen LogP contribution in [0.5, 0.6) is 0 Å². The van der Waals surface area contributed by atoms with Gasteiger partial charge in [0.05, 0.1) is 16.7 Å². The van der Waals surface area contributed by atoms with Gasteiger partial charge in [-0.3, -0.25) is 4.90 Å². The lowest BCUT2D eigenvalue weighted by Gasteiger charge is -2.50. The maximum absolute atomic E-state index is 6.32. The molecule has 0 aromatic rings. The standard InChI is InChI=1S/C16H32N2O2/c1-14(2)11-16(12-17,15(3,4)20-14)18-8-6-13(7-9-18)10-19-5/h13H,6-12,17H2,1-5H3. The summed E-state index contributed by atoms with van der Waals surface area (Å²) in [5, 5.41) is 0. The summed E-state index contributed by atoms with van der Waals surface area (Å²) >= 11 is 0. The number of nitrogens with zero attached hydrogens (tertiary/aromatic N) is 1. The van der Waals surface area contributed by atoms with Crippen LogP contribution in [-0.4, -0.2) is 55.0 Å². The van der Waals surface area contributed by atoms with Crippen LogP contribution in [0.4, 0.5) is 0 Å². The van der Waals surface area contributed by atoms with Gasteiger partial charge in [0.2, 0.25) is 0 Å². The highest BCUT2D eigenvalue weighted by atomic mass is 16.5. The van der Waals surface area contributed by atoms with E-state index in [2.05, 4.69) is 32.6 Å². The fourth-order valence-corrected chi connectivity index (χ4v) is 4.44. The third kappa shape index (κ3) is 2.76. The highest BCUT2D eigenvalue weighted by Crippen LogP contribution is 2.48. The zero-order chi connectivity index (χ0) is 15.0. The zero-order valence-electron chi connectivity index (χ0n) is 13.9. The molecule has 2 fully saturated rings. The van der Waals surface area contributed by atoms with E-state index in [1.165, 1.54) is 12.8 Å². The molecule has 2 N–H and O–H groups in total. The van der Waals surface area contributed by atoms with Crippen LogP contribution in [0.15, 0.2) is 0 Å². The monoisotopic (exact) mass is 284 g/mol. The first kappa shape index (κ1) is 16.2. The second kappa shape index (κ2) is 5.56. The van der Waals surface area contributed by atoms with Gasteiger partial charge in [0, 0.05) is 20.3 Å². The van der Waals surface area contributed by atoms with Gasteiger partial charge in [-0.2, -0.15) is 0 Å². The van der Waals surface area contributed by atoms with E-state index in [1.54, 1.807) is 7.11 Å². The van der Waals surface area contributed by atoms with Crippen molar-refractivity contribution in [3.05, 3.63) is 0 Å². The van der Waals surface area contributed by atoms with Crippen molar-refractivity contribution in [3.63, 3.8) is 0 Å². The molecule has 20 heavy (non-hydrogen) atoms. The van der Waals surface area contributed by atoms with Gasteiger partial charge in [-0.25, -0.2) is 0 Å². The molecule has 0 bridgehead atoms. The quantitative estimate of drug-likeness (QED) is 0.858. The summed E-state index contributed by atoms with van der Waals surface area (Å²) in [4.78, 5) is 2.59. The van der Waals surface area contributed by atoms with Gasteiger partial charge in [0.15, 0.2) is 0 Å². The first-order chi connectivity index (χ1) is 9.26. The van der Waals surface area contributed by atoms with Crippen molar-refractivity contribution >= 4 is 0 Å². The van der Waals surface area contributed by atoms with E-state index in [9.17, 15) is 0 Å². The second-order valence-electron chi connectivity index (χ2n) is 7.67. The van der Waals surface area contributed by atoms with E-state index in [0.717, 1.165) is 26.1 Å². The predicted octanol–water partition coefficient (Wildman–Crippen LogP) is 2.02. The first-order valence-corrected chi connectivity index (χ1v) is 7.90. The second-order valence-corrected chi connectivity index (χ2v) is 7.67. The molecule has 0 saturated carbocycles. The van der Waals surface area contributed by atoms with E-state index >= 15 is 0 Å². The Bertz CT molecular complexity index is 335. The third-order valence-electron chi connectivity index (χ3n) is 5.33. The molecule has 2 heterocycles. The normalized spacial score (nSPS) is 34.5. The smallest absolute Gasteiger partial charge is 0.0830 e. The minimum absolute atomic E-state index is 0.0332. The summed E-state index contributed by atoms with van der Waals surface area (Å²) in [6, 6.07) is 0. The van der Waals surface area contributed by atoms with Crippen molar-refractivity contribution in [1.82, 2.24) is 4.90 Å². The van der Waals surface area contributed by atoms with Gasteiger partial charge >= 0.3 is 0 Å². The van der Waals surface area contributed by atoms with Crippen LogP contribution in [0.2, 0.25) is 0 Å². The fraction of sp³-hybridized carbons (Fsp3) is 1.00. The van der Waals surface area contributed by atoms with E-state index in [-0.39, 0.29) is 16.7 Å². The average Bonchev–Trinajstić information content (AvgIpc) is 2.55. The van der Waals surface area contributed by atoms with Crippen LogP contribution >= 0.6 is 0 Å². The van der Waals surface area contributed by atoms with E-state index in [4.69, 9.17) is 15.2 Å². The Hall–Kier alpha value is -0.160. The molecule has 0 radical (unpaired) electrons. The minimum atomic E-state index is -0.195. The number of rotatable bonds is 4. The van der Waals surface area contributed by atoms with Gasteiger partial charge in [0.25, 0.3) is 0 Å². The maximum Gasteiger partial charge on any atom is 0.0830 e. The van der Waals surface area contributed by atoms with Crippen molar-refractivity contribution in [2.45, 2.75) is 63.7 Å². The van der Waals surface area contributed by atoms with Crippen molar-refractivity contribution < 1.29 is 9.47 Å². The van der Waals surface area contributed by atoms with E-state index in [1.807, 2.05) is 0 Å². The summed E-state index contributed by atoms with van der Waals surface area (Å²) in [5.74, 6) is 0.699. The van der Waals surface area contributed by atoms with Crippen LogP contribution in [0.1, 0.15) is 47.0 Å². The molecule has 1 unspecified atom stereocenters. The molecule has 4 heteroatoms. The third-order valence-corrected chi connectivity index (χ3v) is 5.33.